The predicted octanol–water partition coefficient (Wildman–Crippen LogP) is 2.01. The Morgan fingerprint density at radius 2 is 2.12 bits per heavy atom. The number of nitrogens with one attached hydrogen (secondary N) is 1. The number of hydrogen-bond acceptors (Lipinski definition) is 5. The number of aromatic nitrogens is 2. The van der Waals surface area contributed by atoms with Crippen molar-refractivity contribution < 1.29 is 18.3 Å². The van der Waals surface area contributed by atoms with Crippen LogP contribution in [0.15, 0.2) is 11.1 Å². The van der Waals surface area contributed by atoms with Gasteiger partial charge in [0.15, 0.2) is 0 Å². The van der Waals surface area contributed by atoms with Gasteiger partial charge in [-0.05, 0) is 0 Å². The average molecular weight is 267 g/mol. The zero-order chi connectivity index (χ0) is 13.1. The molecule has 0 fully saturated rings. The standard InChI is InChI=1S/C9H12F3N3OS/c1-5(4-16)17-7-3-6(13-2)14-8(15-7)9(10,11)12/h3,5,16H,4H2,1-2H3,(H,13,14,15). The van der Waals surface area contributed by atoms with Gasteiger partial charge in [-0.3, -0.25) is 0 Å². The number of alkyl halides is 3. The quantitative estimate of drug-likeness (QED) is 0.645. The van der Waals surface area contributed by atoms with Gasteiger partial charge in [-0.25, -0.2) is 9.97 Å². The van der Waals surface area contributed by atoms with E-state index in [1.165, 1.54) is 13.1 Å². The van der Waals surface area contributed by atoms with Crippen LogP contribution >= 0.6 is 11.8 Å². The molecule has 0 bridgehead atoms. The molecule has 0 spiro atoms. The first-order valence-electron chi connectivity index (χ1n) is 4.78. The van der Waals surface area contributed by atoms with Crippen molar-refractivity contribution in [3.8, 4) is 0 Å². The summed E-state index contributed by atoms with van der Waals surface area (Å²) in [5.41, 5.74) is 0. The molecule has 1 unspecified atom stereocenters. The molecular formula is C9H12F3N3OS. The average Bonchev–Trinajstić information content (AvgIpc) is 2.27. The van der Waals surface area contributed by atoms with E-state index in [0.717, 1.165) is 11.8 Å². The van der Waals surface area contributed by atoms with Crippen LogP contribution in [0.5, 0.6) is 0 Å². The second kappa shape index (κ2) is 5.54. The zero-order valence-electron chi connectivity index (χ0n) is 9.25. The Morgan fingerprint density at radius 1 is 1.47 bits per heavy atom. The minimum absolute atomic E-state index is 0.0972. The molecule has 17 heavy (non-hydrogen) atoms. The van der Waals surface area contributed by atoms with Gasteiger partial charge in [0.2, 0.25) is 5.82 Å². The minimum atomic E-state index is -4.58. The van der Waals surface area contributed by atoms with Gasteiger partial charge in [0.25, 0.3) is 0 Å². The molecule has 8 heteroatoms. The molecule has 0 radical (unpaired) electrons. The van der Waals surface area contributed by atoms with Crippen molar-refractivity contribution in [1.82, 2.24) is 9.97 Å². The third-order valence-electron chi connectivity index (χ3n) is 1.79. The molecule has 0 aromatic carbocycles. The number of rotatable bonds is 4. The van der Waals surface area contributed by atoms with E-state index in [2.05, 4.69) is 15.3 Å². The Morgan fingerprint density at radius 3 is 2.59 bits per heavy atom. The van der Waals surface area contributed by atoms with Crippen LogP contribution < -0.4 is 5.32 Å². The molecule has 1 heterocycles. The van der Waals surface area contributed by atoms with Crippen LogP contribution in [0.25, 0.3) is 0 Å². The van der Waals surface area contributed by atoms with Crippen LogP contribution in [0, 0.1) is 0 Å². The highest BCUT2D eigenvalue weighted by atomic mass is 32.2. The lowest BCUT2D eigenvalue weighted by molar-refractivity contribution is -0.145. The summed E-state index contributed by atoms with van der Waals surface area (Å²) < 4.78 is 37.5. The van der Waals surface area contributed by atoms with Gasteiger partial charge >= 0.3 is 6.18 Å². The zero-order valence-corrected chi connectivity index (χ0v) is 10.1. The van der Waals surface area contributed by atoms with Gasteiger partial charge in [-0.2, -0.15) is 13.2 Å². The van der Waals surface area contributed by atoms with Crippen molar-refractivity contribution in [3.05, 3.63) is 11.9 Å². The van der Waals surface area contributed by atoms with Gasteiger partial charge in [0.1, 0.15) is 10.8 Å². The lowest BCUT2D eigenvalue weighted by Gasteiger charge is -2.11. The Kier molecular flexibility index (Phi) is 4.58. The Balaban J connectivity index is 3.05. The van der Waals surface area contributed by atoms with E-state index in [0.29, 0.717) is 0 Å². The van der Waals surface area contributed by atoms with Crippen molar-refractivity contribution >= 4 is 17.6 Å². The fourth-order valence-electron chi connectivity index (χ4n) is 0.984. The molecule has 1 aromatic heterocycles. The number of aliphatic hydroxyl groups excluding tert-OH is 1. The molecular weight excluding hydrogens is 255 g/mol. The molecule has 0 amide bonds. The lowest BCUT2D eigenvalue weighted by atomic mass is 10.5. The highest BCUT2D eigenvalue weighted by molar-refractivity contribution is 7.99. The van der Waals surface area contributed by atoms with Crippen LogP contribution in [0.3, 0.4) is 0 Å². The molecule has 2 N–H and O–H groups in total. The second-order valence-electron chi connectivity index (χ2n) is 3.27. The molecule has 0 aliphatic rings. The van der Waals surface area contributed by atoms with Crippen LogP contribution in [0.4, 0.5) is 19.0 Å². The molecule has 1 rings (SSSR count). The number of anilines is 1. The molecule has 1 aromatic rings. The van der Waals surface area contributed by atoms with E-state index >= 15 is 0 Å². The highest BCUT2D eigenvalue weighted by Gasteiger charge is 2.35. The third kappa shape index (κ3) is 4.04. The summed E-state index contributed by atoms with van der Waals surface area (Å²) in [6, 6.07) is 1.41. The summed E-state index contributed by atoms with van der Waals surface area (Å²) in [6.45, 7) is 1.56. The van der Waals surface area contributed by atoms with Gasteiger partial charge in [0, 0.05) is 18.4 Å². The van der Waals surface area contributed by atoms with E-state index in [1.807, 2.05) is 0 Å². The number of halogens is 3. The Hall–Kier alpha value is -1.02. The molecule has 0 aliphatic heterocycles. The maximum Gasteiger partial charge on any atom is 0.451 e. The molecule has 0 saturated heterocycles. The smallest absolute Gasteiger partial charge is 0.395 e. The molecule has 0 aliphatic carbocycles. The normalized spacial score (nSPS) is 13.5. The minimum Gasteiger partial charge on any atom is -0.395 e. The number of thioether (sulfide) groups is 1. The summed E-state index contributed by atoms with van der Waals surface area (Å²) in [4.78, 5) is 6.75. The first-order chi connectivity index (χ1) is 7.86. The highest BCUT2D eigenvalue weighted by Crippen LogP contribution is 2.30. The fourth-order valence-corrected chi connectivity index (χ4v) is 1.79. The second-order valence-corrected chi connectivity index (χ2v) is 4.73. The lowest BCUT2D eigenvalue weighted by Crippen LogP contribution is -2.13. The van der Waals surface area contributed by atoms with Gasteiger partial charge in [0.05, 0.1) is 6.61 Å². The maximum atomic E-state index is 12.5. The molecule has 96 valence electrons. The van der Waals surface area contributed by atoms with Crippen LogP contribution in [-0.4, -0.2) is 34.0 Å². The van der Waals surface area contributed by atoms with E-state index in [-0.39, 0.29) is 22.7 Å². The van der Waals surface area contributed by atoms with E-state index in [1.54, 1.807) is 6.92 Å². The van der Waals surface area contributed by atoms with E-state index in [9.17, 15) is 13.2 Å². The van der Waals surface area contributed by atoms with E-state index in [4.69, 9.17) is 5.11 Å². The molecule has 1 atom stereocenters. The first-order valence-corrected chi connectivity index (χ1v) is 5.66. The molecule has 0 saturated carbocycles. The van der Waals surface area contributed by atoms with Crippen molar-refractivity contribution in [2.75, 3.05) is 19.0 Å². The summed E-state index contributed by atoms with van der Waals surface area (Å²) in [5.74, 6) is -1.09. The topological polar surface area (TPSA) is 58.0 Å². The fraction of sp³-hybridized carbons (Fsp3) is 0.556. The summed E-state index contributed by atoms with van der Waals surface area (Å²) in [5, 5.41) is 11.3. The first kappa shape index (κ1) is 14.0. The Labute approximate surface area is 101 Å². The molecule has 4 nitrogen and oxygen atoms in total. The largest absolute Gasteiger partial charge is 0.451 e. The summed E-state index contributed by atoms with van der Waals surface area (Å²) >= 11 is 1.06. The predicted molar refractivity (Wildman–Crippen MR) is 59.0 cm³/mol. The number of aliphatic hydroxyl groups is 1. The summed E-state index contributed by atoms with van der Waals surface area (Å²) in [7, 11) is 1.48. The van der Waals surface area contributed by atoms with Crippen molar-refractivity contribution in [2.24, 2.45) is 0 Å². The third-order valence-corrected chi connectivity index (χ3v) is 2.79. The van der Waals surface area contributed by atoms with Gasteiger partial charge in [-0.1, -0.05) is 6.92 Å². The van der Waals surface area contributed by atoms with Crippen molar-refractivity contribution in [1.29, 1.82) is 0 Å². The van der Waals surface area contributed by atoms with Gasteiger partial charge < -0.3 is 10.4 Å². The Bertz CT molecular complexity index is 386. The van der Waals surface area contributed by atoms with Crippen LogP contribution in [-0.2, 0) is 6.18 Å². The van der Waals surface area contributed by atoms with E-state index < -0.39 is 12.0 Å². The maximum absolute atomic E-state index is 12.5. The number of hydrogen-bond donors (Lipinski definition) is 2. The monoisotopic (exact) mass is 267 g/mol. The van der Waals surface area contributed by atoms with Crippen LogP contribution in [0.1, 0.15) is 12.7 Å². The van der Waals surface area contributed by atoms with Crippen molar-refractivity contribution in [2.45, 2.75) is 23.4 Å². The summed E-state index contributed by atoms with van der Waals surface area (Å²) in [6.07, 6.45) is -4.58. The van der Waals surface area contributed by atoms with Crippen molar-refractivity contribution in [3.63, 3.8) is 0 Å². The van der Waals surface area contributed by atoms with Gasteiger partial charge in [-0.15, -0.1) is 11.8 Å². The van der Waals surface area contributed by atoms with Crippen LogP contribution in [0.2, 0.25) is 0 Å². The SMILES string of the molecule is CNc1cc(SC(C)CO)nc(C(F)(F)F)n1. The number of nitrogens with zero attached hydrogens (tertiary/aromatic N) is 2.